The van der Waals surface area contributed by atoms with E-state index < -0.39 is 0 Å². The highest BCUT2D eigenvalue weighted by atomic mass is 16.5. The van der Waals surface area contributed by atoms with Crippen molar-refractivity contribution in [2.24, 2.45) is 0 Å². The minimum absolute atomic E-state index is 0.0903. The molecule has 1 aliphatic rings. The van der Waals surface area contributed by atoms with Gasteiger partial charge in [-0.2, -0.15) is 0 Å². The maximum Gasteiger partial charge on any atom is 0.123 e. The number of ether oxygens (including phenoxy) is 1. The van der Waals surface area contributed by atoms with E-state index in [1.54, 1.807) is 0 Å². The molecule has 0 amide bonds. The Bertz CT molecular complexity index is 694. The standard InChI is InChI=1S/C20H28N4O/c1-20(2,3)25-14-24-10-9-18(13-24)23-17-6-4-5-15(11-17)16-7-8-19(21)22-12-16/h4-8,11-12,18,23H,9-10,13-14H2,1-3H3,(H2,21,22). The van der Waals surface area contributed by atoms with E-state index in [9.17, 15) is 0 Å². The molecule has 0 saturated carbocycles. The molecule has 5 heteroatoms. The molecule has 3 N–H and O–H groups in total. The van der Waals surface area contributed by atoms with Gasteiger partial charge in [0.2, 0.25) is 0 Å². The Morgan fingerprint density at radius 1 is 1.24 bits per heavy atom. The molecule has 5 nitrogen and oxygen atoms in total. The van der Waals surface area contributed by atoms with Crippen molar-refractivity contribution < 1.29 is 4.74 Å². The van der Waals surface area contributed by atoms with Crippen LogP contribution < -0.4 is 11.1 Å². The van der Waals surface area contributed by atoms with Crippen molar-refractivity contribution in [3.8, 4) is 11.1 Å². The smallest absolute Gasteiger partial charge is 0.123 e. The van der Waals surface area contributed by atoms with Crippen molar-refractivity contribution in [2.45, 2.75) is 38.8 Å². The molecule has 1 fully saturated rings. The monoisotopic (exact) mass is 340 g/mol. The molecule has 1 saturated heterocycles. The summed E-state index contributed by atoms with van der Waals surface area (Å²) >= 11 is 0. The van der Waals surface area contributed by atoms with Gasteiger partial charge >= 0.3 is 0 Å². The molecule has 0 radical (unpaired) electrons. The van der Waals surface area contributed by atoms with E-state index in [4.69, 9.17) is 10.5 Å². The Kier molecular flexibility index (Phi) is 5.25. The number of nitrogens with two attached hydrogens (primary N) is 1. The number of nitrogens with zero attached hydrogens (tertiary/aromatic N) is 2. The lowest BCUT2D eigenvalue weighted by molar-refractivity contribution is -0.0568. The summed E-state index contributed by atoms with van der Waals surface area (Å²) in [7, 11) is 0. The second-order valence-corrected chi connectivity index (χ2v) is 7.65. The molecule has 1 atom stereocenters. The molecule has 1 aromatic heterocycles. The Labute approximate surface area is 150 Å². The van der Waals surface area contributed by atoms with E-state index in [1.807, 2.05) is 18.3 Å². The summed E-state index contributed by atoms with van der Waals surface area (Å²) < 4.78 is 5.88. The van der Waals surface area contributed by atoms with Gasteiger partial charge in [0.1, 0.15) is 5.82 Å². The van der Waals surface area contributed by atoms with Crippen LogP contribution in [0.15, 0.2) is 42.6 Å². The predicted octanol–water partition coefficient (Wildman–Crippen LogP) is 3.59. The Morgan fingerprint density at radius 3 is 2.80 bits per heavy atom. The average molecular weight is 340 g/mol. The van der Waals surface area contributed by atoms with Gasteiger partial charge in [0.25, 0.3) is 0 Å². The van der Waals surface area contributed by atoms with Crippen molar-refractivity contribution in [2.75, 3.05) is 30.9 Å². The van der Waals surface area contributed by atoms with Crippen LogP contribution in [-0.4, -0.2) is 41.3 Å². The first kappa shape index (κ1) is 17.7. The van der Waals surface area contributed by atoms with Gasteiger partial charge in [0.05, 0.1) is 12.3 Å². The van der Waals surface area contributed by atoms with Gasteiger partial charge in [-0.1, -0.05) is 12.1 Å². The molecule has 2 heterocycles. The lowest BCUT2D eigenvalue weighted by Gasteiger charge is -2.24. The fourth-order valence-corrected chi connectivity index (χ4v) is 2.95. The number of rotatable bonds is 5. The number of hydrogen-bond donors (Lipinski definition) is 2. The molecule has 0 spiro atoms. The maximum absolute atomic E-state index is 5.88. The molecule has 3 rings (SSSR count). The number of anilines is 2. The lowest BCUT2D eigenvalue weighted by atomic mass is 10.1. The molecule has 0 aliphatic carbocycles. The molecule has 1 unspecified atom stereocenters. The van der Waals surface area contributed by atoms with Crippen molar-refractivity contribution in [1.29, 1.82) is 0 Å². The topological polar surface area (TPSA) is 63.4 Å². The van der Waals surface area contributed by atoms with Gasteiger partial charge in [-0.15, -0.1) is 0 Å². The van der Waals surface area contributed by atoms with E-state index in [2.05, 4.69) is 60.2 Å². The quantitative estimate of drug-likeness (QED) is 0.871. The third-order valence-electron chi connectivity index (χ3n) is 4.31. The van der Waals surface area contributed by atoms with Crippen LogP contribution in [0.3, 0.4) is 0 Å². The Hall–Kier alpha value is -2.11. The van der Waals surface area contributed by atoms with Crippen molar-refractivity contribution in [3.63, 3.8) is 0 Å². The summed E-state index contributed by atoms with van der Waals surface area (Å²) in [6.45, 7) is 9.04. The van der Waals surface area contributed by atoms with E-state index >= 15 is 0 Å². The average Bonchev–Trinajstić information content (AvgIpc) is 3.01. The number of nitrogen functional groups attached to an aromatic ring is 1. The lowest BCUT2D eigenvalue weighted by Crippen LogP contribution is -2.32. The number of aromatic nitrogens is 1. The van der Waals surface area contributed by atoms with Gasteiger partial charge in [0, 0.05) is 36.6 Å². The molecule has 25 heavy (non-hydrogen) atoms. The van der Waals surface area contributed by atoms with Crippen LogP contribution in [0.4, 0.5) is 11.5 Å². The van der Waals surface area contributed by atoms with Crippen molar-refractivity contribution >= 4 is 11.5 Å². The summed E-state index contributed by atoms with van der Waals surface area (Å²) in [6, 6.07) is 12.7. The van der Waals surface area contributed by atoms with E-state index in [0.29, 0.717) is 18.6 Å². The summed E-state index contributed by atoms with van der Waals surface area (Å²) in [6.07, 6.45) is 2.94. The number of likely N-dealkylation sites (tertiary alicyclic amines) is 1. The molecule has 0 bridgehead atoms. The zero-order chi connectivity index (χ0) is 17.9. The van der Waals surface area contributed by atoms with Crippen LogP contribution in [-0.2, 0) is 4.74 Å². The summed E-state index contributed by atoms with van der Waals surface area (Å²) in [5, 5.41) is 3.65. The number of benzene rings is 1. The van der Waals surface area contributed by atoms with Crippen LogP contribution >= 0.6 is 0 Å². The normalized spacial score (nSPS) is 18.4. The summed E-state index contributed by atoms with van der Waals surface area (Å²) in [5.41, 5.74) is 8.93. The number of nitrogens with one attached hydrogen (secondary N) is 1. The van der Waals surface area contributed by atoms with E-state index in [1.165, 1.54) is 0 Å². The van der Waals surface area contributed by atoms with Crippen LogP contribution in [0.2, 0.25) is 0 Å². The zero-order valence-electron chi connectivity index (χ0n) is 15.3. The molecule has 1 aromatic carbocycles. The highest BCUT2D eigenvalue weighted by molar-refractivity contribution is 5.68. The van der Waals surface area contributed by atoms with Gasteiger partial charge in [-0.25, -0.2) is 4.98 Å². The Balaban J connectivity index is 1.59. The van der Waals surface area contributed by atoms with Crippen LogP contribution in [0.25, 0.3) is 11.1 Å². The third kappa shape index (κ3) is 5.18. The second-order valence-electron chi connectivity index (χ2n) is 7.65. The predicted molar refractivity (Wildman–Crippen MR) is 103 cm³/mol. The van der Waals surface area contributed by atoms with E-state index in [0.717, 1.165) is 36.3 Å². The zero-order valence-corrected chi connectivity index (χ0v) is 15.3. The van der Waals surface area contributed by atoms with Crippen molar-refractivity contribution in [1.82, 2.24) is 9.88 Å². The molecule has 134 valence electrons. The van der Waals surface area contributed by atoms with Crippen LogP contribution in [0.1, 0.15) is 27.2 Å². The first-order valence-corrected chi connectivity index (χ1v) is 8.84. The fourth-order valence-electron chi connectivity index (χ4n) is 2.95. The van der Waals surface area contributed by atoms with Gasteiger partial charge < -0.3 is 15.8 Å². The molecular weight excluding hydrogens is 312 g/mol. The van der Waals surface area contributed by atoms with Gasteiger partial charge in [0.15, 0.2) is 0 Å². The molecule has 1 aliphatic heterocycles. The summed E-state index contributed by atoms with van der Waals surface area (Å²) in [4.78, 5) is 6.53. The van der Waals surface area contributed by atoms with Crippen LogP contribution in [0, 0.1) is 0 Å². The second kappa shape index (κ2) is 7.42. The first-order valence-electron chi connectivity index (χ1n) is 8.84. The minimum Gasteiger partial charge on any atom is -0.384 e. The van der Waals surface area contributed by atoms with Crippen LogP contribution in [0.5, 0.6) is 0 Å². The minimum atomic E-state index is -0.0903. The SMILES string of the molecule is CC(C)(C)OCN1CCC(Nc2cccc(-c3ccc(N)nc3)c2)C1. The third-order valence-corrected chi connectivity index (χ3v) is 4.31. The highest BCUT2D eigenvalue weighted by Gasteiger charge is 2.23. The highest BCUT2D eigenvalue weighted by Crippen LogP contribution is 2.24. The molecule has 2 aromatic rings. The van der Waals surface area contributed by atoms with E-state index in [-0.39, 0.29) is 5.60 Å². The van der Waals surface area contributed by atoms with Gasteiger partial charge in [-0.05, 0) is 57.0 Å². The van der Waals surface area contributed by atoms with Gasteiger partial charge in [-0.3, -0.25) is 4.90 Å². The summed E-state index contributed by atoms with van der Waals surface area (Å²) in [5.74, 6) is 0.543. The first-order chi connectivity index (χ1) is 11.9. The Morgan fingerprint density at radius 2 is 2.08 bits per heavy atom. The largest absolute Gasteiger partial charge is 0.384 e. The van der Waals surface area contributed by atoms with Crippen molar-refractivity contribution in [3.05, 3.63) is 42.6 Å². The fraction of sp³-hybridized carbons (Fsp3) is 0.450. The maximum atomic E-state index is 5.88. The number of pyridine rings is 1. The molecular formula is C20H28N4O. The number of hydrogen-bond acceptors (Lipinski definition) is 5.